The molecule has 0 N–H and O–H groups in total. The standard InChI is InChI=1S/C4H6O2.Pb.2H/c1-3-4(5)6-2;;;/h3H,1H2,2H3;;;. The average Bonchev–Trinajstić information content (AvgIpc) is 1.65. The molecular formula is C4H8O2Pb. The molecule has 0 spiro atoms. The van der Waals surface area contributed by atoms with Gasteiger partial charge in [-0.1, -0.05) is 6.58 Å². The summed E-state index contributed by atoms with van der Waals surface area (Å²) in [5.74, 6) is -0.394. The molecule has 0 aliphatic rings. The molecule has 7 heavy (non-hydrogen) atoms. The van der Waals surface area contributed by atoms with Crippen molar-refractivity contribution in [1.82, 2.24) is 0 Å². The maximum absolute atomic E-state index is 9.84. The van der Waals surface area contributed by atoms with Crippen molar-refractivity contribution < 1.29 is 9.53 Å². The average molecular weight is 295 g/mol. The van der Waals surface area contributed by atoms with Crippen molar-refractivity contribution >= 4 is 33.3 Å². The van der Waals surface area contributed by atoms with Crippen molar-refractivity contribution in [3.05, 3.63) is 12.7 Å². The molecule has 0 aromatic heterocycles. The van der Waals surface area contributed by atoms with Crippen LogP contribution in [0, 0.1) is 0 Å². The number of ether oxygens (including phenoxy) is 1. The SMILES string of the molecule is C=CC(=O)OC.[PbH2]. The number of rotatable bonds is 1. The minimum atomic E-state index is -0.394. The van der Waals surface area contributed by atoms with Crippen LogP contribution < -0.4 is 0 Å². The van der Waals surface area contributed by atoms with Gasteiger partial charge in [-0.2, -0.15) is 0 Å². The number of esters is 1. The second-order valence-electron chi connectivity index (χ2n) is 0.727. The molecule has 40 valence electrons. The van der Waals surface area contributed by atoms with Gasteiger partial charge in [-0.05, 0) is 0 Å². The molecule has 3 heteroatoms. The van der Waals surface area contributed by atoms with Gasteiger partial charge in [0.25, 0.3) is 0 Å². The van der Waals surface area contributed by atoms with Crippen LogP contribution in [0.25, 0.3) is 0 Å². The second kappa shape index (κ2) is 6.13. The van der Waals surface area contributed by atoms with Gasteiger partial charge in [-0.25, -0.2) is 4.79 Å². The van der Waals surface area contributed by atoms with Crippen molar-refractivity contribution in [2.24, 2.45) is 0 Å². The Morgan fingerprint density at radius 1 is 1.86 bits per heavy atom. The molecule has 2 radical (unpaired) electrons. The molecule has 2 nitrogen and oxygen atoms in total. The van der Waals surface area contributed by atoms with Gasteiger partial charge in [0.2, 0.25) is 0 Å². The molecule has 0 aromatic rings. The van der Waals surface area contributed by atoms with Crippen molar-refractivity contribution in [2.75, 3.05) is 7.11 Å². The van der Waals surface area contributed by atoms with Gasteiger partial charge in [-0.3, -0.25) is 0 Å². The van der Waals surface area contributed by atoms with Gasteiger partial charge in [0.1, 0.15) is 0 Å². The summed E-state index contributed by atoms with van der Waals surface area (Å²) in [4.78, 5) is 9.84. The number of carbonyl (C=O) groups is 1. The van der Waals surface area contributed by atoms with Gasteiger partial charge in [-0.15, -0.1) is 0 Å². The van der Waals surface area contributed by atoms with E-state index in [0.717, 1.165) is 6.08 Å². The van der Waals surface area contributed by atoms with Gasteiger partial charge in [0, 0.05) is 6.08 Å². The molecule has 0 unspecified atom stereocenters. The van der Waals surface area contributed by atoms with Crippen molar-refractivity contribution in [3.63, 3.8) is 0 Å². The fourth-order valence-electron chi connectivity index (χ4n) is 0.0833. The van der Waals surface area contributed by atoms with E-state index in [0.29, 0.717) is 0 Å². The number of methoxy groups -OCH3 is 1. The van der Waals surface area contributed by atoms with E-state index in [2.05, 4.69) is 11.3 Å². The monoisotopic (exact) mass is 296 g/mol. The zero-order valence-corrected chi connectivity index (χ0v) is 9.81. The molecule has 0 aliphatic carbocycles. The summed E-state index contributed by atoms with van der Waals surface area (Å²) in [7, 11) is 1.31. The number of hydrogen-bond donors (Lipinski definition) is 0. The zero-order valence-electron chi connectivity index (χ0n) is 4.31. The van der Waals surface area contributed by atoms with Crippen LogP contribution in [0.4, 0.5) is 0 Å². The first-order valence-corrected chi connectivity index (χ1v) is 1.51. The fraction of sp³-hybridized carbons (Fsp3) is 0.250. The molecule has 0 aliphatic heterocycles. The first kappa shape index (κ1) is 10.2. The summed E-state index contributed by atoms with van der Waals surface area (Å²) < 4.78 is 4.14. The topological polar surface area (TPSA) is 26.3 Å². The van der Waals surface area contributed by atoms with Crippen LogP contribution >= 0.6 is 0 Å². The molecule has 0 rings (SSSR count). The van der Waals surface area contributed by atoms with Crippen LogP contribution in [0.5, 0.6) is 0 Å². The van der Waals surface area contributed by atoms with Crippen molar-refractivity contribution in [3.8, 4) is 0 Å². The predicted octanol–water partition coefficient (Wildman–Crippen LogP) is -0.571. The van der Waals surface area contributed by atoms with E-state index in [1.165, 1.54) is 7.11 Å². The van der Waals surface area contributed by atoms with E-state index in [1.807, 2.05) is 0 Å². The summed E-state index contributed by atoms with van der Waals surface area (Å²) in [6, 6.07) is 0. The summed E-state index contributed by atoms with van der Waals surface area (Å²) in [5, 5.41) is 0. The molecule has 0 heterocycles. The number of hydrogen-bond acceptors (Lipinski definition) is 2. The zero-order chi connectivity index (χ0) is 4.99. The first-order chi connectivity index (χ1) is 2.81. The van der Waals surface area contributed by atoms with Gasteiger partial charge in [0.05, 0.1) is 7.11 Å². The quantitative estimate of drug-likeness (QED) is 0.368. The van der Waals surface area contributed by atoms with Gasteiger partial charge < -0.3 is 4.74 Å². The molecule has 0 fully saturated rings. The van der Waals surface area contributed by atoms with Crippen LogP contribution in [0.15, 0.2) is 12.7 Å². The van der Waals surface area contributed by atoms with E-state index in [9.17, 15) is 4.79 Å². The summed E-state index contributed by atoms with van der Waals surface area (Å²) in [6.45, 7) is 3.16. The van der Waals surface area contributed by atoms with Crippen LogP contribution in [-0.4, -0.2) is 40.4 Å². The molecule has 0 saturated carbocycles. The Hall–Kier alpha value is 0.132. The third-order valence-electron chi connectivity index (χ3n) is 0.368. The maximum atomic E-state index is 9.84. The molecule has 0 bridgehead atoms. The van der Waals surface area contributed by atoms with Crippen LogP contribution in [0.3, 0.4) is 0 Å². The third kappa shape index (κ3) is 6.13. The van der Waals surface area contributed by atoms with Crippen molar-refractivity contribution in [2.45, 2.75) is 0 Å². The van der Waals surface area contributed by atoms with E-state index >= 15 is 0 Å². The minimum absolute atomic E-state index is 0. The molecule has 0 atom stereocenters. The first-order valence-electron chi connectivity index (χ1n) is 1.51. The van der Waals surface area contributed by atoms with Gasteiger partial charge >= 0.3 is 33.3 Å². The normalized spacial score (nSPS) is 5.86. The molecule has 0 amide bonds. The Morgan fingerprint density at radius 3 is 2.29 bits per heavy atom. The Morgan fingerprint density at radius 2 is 2.29 bits per heavy atom. The molecule has 0 aromatic carbocycles. The van der Waals surface area contributed by atoms with Gasteiger partial charge in [0.15, 0.2) is 0 Å². The molecule has 0 saturated heterocycles. The Kier molecular flexibility index (Phi) is 8.92. The Bertz CT molecular complexity index is 70.1. The van der Waals surface area contributed by atoms with E-state index < -0.39 is 5.97 Å². The fourth-order valence-corrected chi connectivity index (χ4v) is 0.0833. The summed E-state index contributed by atoms with van der Waals surface area (Å²) in [5.41, 5.74) is 0. The second-order valence-corrected chi connectivity index (χ2v) is 0.727. The van der Waals surface area contributed by atoms with E-state index in [4.69, 9.17) is 0 Å². The summed E-state index contributed by atoms with van der Waals surface area (Å²) >= 11 is 0. The molecular weight excluding hydrogens is 287 g/mol. The Balaban J connectivity index is 0. The van der Waals surface area contributed by atoms with Crippen molar-refractivity contribution in [1.29, 1.82) is 0 Å². The van der Waals surface area contributed by atoms with Crippen LogP contribution in [0.1, 0.15) is 0 Å². The summed E-state index contributed by atoms with van der Waals surface area (Å²) in [6.07, 6.45) is 1.11. The van der Waals surface area contributed by atoms with E-state index in [1.54, 1.807) is 0 Å². The third-order valence-corrected chi connectivity index (χ3v) is 0.368. The van der Waals surface area contributed by atoms with E-state index in [-0.39, 0.29) is 27.3 Å². The van der Waals surface area contributed by atoms with Crippen LogP contribution in [-0.2, 0) is 9.53 Å². The van der Waals surface area contributed by atoms with Crippen LogP contribution in [0.2, 0.25) is 0 Å². The predicted molar refractivity (Wildman–Crippen MR) is 30.8 cm³/mol. The Labute approximate surface area is 62.7 Å². The number of carbonyl (C=O) groups excluding carboxylic acids is 1.